The van der Waals surface area contributed by atoms with Crippen molar-refractivity contribution in [2.45, 2.75) is 26.7 Å². The second-order valence-corrected chi connectivity index (χ2v) is 5.97. The smallest absolute Gasteiger partial charge is 0.313 e. The fourth-order valence-electron chi connectivity index (χ4n) is 2.44. The normalized spacial score (nSPS) is 15.2. The zero-order valence-corrected chi connectivity index (χ0v) is 12.6. The highest BCUT2D eigenvalue weighted by Gasteiger charge is 2.28. The minimum Gasteiger partial charge on any atom is -0.469 e. The molecule has 20 heavy (non-hydrogen) atoms. The summed E-state index contributed by atoms with van der Waals surface area (Å²) in [5, 5.41) is 3.30. The molecule has 1 heterocycles. The summed E-state index contributed by atoms with van der Waals surface area (Å²) in [6, 6.07) is 8.42. The van der Waals surface area contributed by atoms with Crippen LogP contribution in [0.4, 0.5) is 11.4 Å². The van der Waals surface area contributed by atoms with Crippen molar-refractivity contribution < 1.29 is 9.53 Å². The van der Waals surface area contributed by atoms with Crippen LogP contribution < -0.4 is 10.2 Å². The fourth-order valence-corrected chi connectivity index (χ4v) is 2.44. The van der Waals surface area contributed by atoms with Gasteiger partial charge in [0.05, 0.1) is 12.5 Å². The Morgan fingerprint density at radius 2 is 1.85 bits per heavy atom. The van der Waals surface area contributed by atoms with Gasteiger partial charge in [0.15, 0.2) is 0 Å². The molecular weight excluding hydrogens is 252 g/mol. The topological polar surface area (TPSA) is 41.6 Å². The van der Waals surface area contributed by atoms with Gasteiger partial charge in [0, 0.05) is 31.0 Å². The van der Waals surface area contributed by atoms with E-state index in [9.17, 15) is 4.79 Å². The van der Waals surface area contributed by atoms with Gasteiger partial charge in [-0.3, -0.25) is 4.79 Å². The number of carbonyl (C=O) groups excluding carboxylic acids is 1. The lowest BCUT2D eigenvalue weighted by Gasteiger charge is -2.23. The predicted octanol–water partition coefficient (Wildman–Crippen LogP) is 2.90. The van der Waals surface area contributed by atoms with Gasteiger partial charge >= 0.3 is 5.97 Å². The summed E-state index contributed by atoms with van der Waals surface area (Å²) in [7, 11) is 1.43. The van der Waals surface area contributed by atoms with E-state index in [0.29, 0.717) is 6.54 Å². The number of hydrogen-bond donors (Lipinski definition) is 1. The molecule has 1 aliphatic rings. The number of nitrogens with one attached hydrogen (secondary N) is 1. The van der Waals surface area contributed by atoms with Crippen molar-refractivity contribution in [3.8, 4) is 0 Å². The van der Waals surface area contributed by atoms with Crippen LogP contribution in [0.2, 0.25) is 0 Å². The number of nitrogens with zero attached hydrogens (tertiary/aromatic N) is 1. The highest BCUT2D eigenvalue weighted by Crippen LogP contribution is 2.23. The molecule has 0 unspecified atom stereocenters. The zero-order chi connectivity index (χ0) is 14.6. The standard InChI is InChI=1S/C16H24N2O2/c1-16(2,15(19)20-3)12-17-13-6-8-14(9-7-13)18-10-4-5-11-18/h6-9,17H,4-5,10-12H2,1-3H3. The van der Waals surface area contributed by atoms with E-state index < -0.39 is 5.41 Å². The van der Waals surface area contributed by atoms with Gasteiger partial charge in [-0.2, -0.15) is 0 Å². The number of carbonyl (C=O) groups is 1. The van der Waals surface area contributed by atoms with Gasteiger partial charge in [-0.05, 0) is 51.0 Å². The van der Waals surface area contributed by atoms with E-state index in [2.05, 4.69) is 34.5 Å². The van der Waals surface area contributed by atoms with Crippen molar-refractivity contribution in [2.75, 3.05) is 37.0 Å². The van der Waals surface area contributed by atoms with Crippen LogP contribution >= 0.6 is 0 Å². The number of esters is 1. The monoisotopic (exact) mass is 276 g/mol. The Morgan fingerprint density at radius 3 is 2.40 bits per heavy atom. The Kier molecular flexibility index (Phi) is 4.53. The Labute approximate surface area is 121 Å². The Morgan fingerprint density at radius 1 is 1.25 bits per heavy atom. The van der Waals surface area contributed by atoms with Crippen molar-refractivity contribution in [3.05, 3.63) is 24.3 Å². The van der Waals surface area contributed by atoms with E-state index in [-0.39, 0.29) is 5.97 Å². The highest BCUT2D eigenvalue weighted by molar-refractivity contribution is 5.76. The van der Waals surface area contributed by atoms with Gasteiger partial charge in [0.1, 0.15) is 0 Å². The Bertz CT molecular complexity index is 448. The fraction of sp³-hybridized carbons (Fsp3) is 0.562. The van der Waals surface area contributed by atoms with Crippen molar-refractivity contribution in [2.24, 2.45) is 5.41 Å². The van der Waals surface area contributed by atoms with Gasteiger partial charge in [-0.1, -0.05) is 0 Å². The zero-order valence-electron chi connectivity index (χ0n) is 12.6. The molecule has 1 saturated heterocycles. The maximum Gasteiger partial charge on any atom is 0.313 e. The summed E-state index contributed by atoms with van der Waals surface area (Å²) >= 11 is 0. The lowest BCUT2D eigenvalue weighted by atomic mass is 9.93. The van der Waals surface area contributed by atoms with Crippen LogP contribution in [0.5, 0.6) is 0 Å². The maximum absolute atomic E-state index is 11.6. The van der Waals surface area contributed by atoms with Gasteiger partial charge in [-0.15, -0.1) is 0 Å². The molecule has 1 aliphatic heterocycles. The highest BCUT2D eigenvalue weighted by atomic mass is 16.5. The molecule has 4 nitrogen and oxygen atoms in total. The van der Waals surface area contributed by atoms with Crippen LogP contribution in [-0.2, 0) is 9.53 Å². The van der Waals surface area contributed by atoms with Crippen molar-refractivity contribution >= 4 is 17.3 Å². The molecule has 0 atom stereocenters. The molecule has 0 aromatic heterocycles. The van der Waals surface area contributed by atoms with Crippen LogP contribution in [0.15, 0.2) is 24.3 Å². The third-order valence-corrected chi connectivity index (χ3v) is 3.81. The van der Waals surface area contributed by atoms with Crippen molar-refractivity contribution in [1.82, 2.24) is 0 Å². The first-order chi connectivity index (χ1) is 9.53. The Hall–Kier alpha value is -1.71. The quantitative estimate of drug-likeness (QED) is 0.840. The molecule has 4 heteroatoms. The summed E-state index contributed by atoms with van der Waals surface area (Å²) in [6.07, 6.45) is 2.57. The summed E-state index contributed by atoms with van der Waals surface area (Å²) in [5.74, 6) is -0.196. The van der Waals surface area contributed by atoms with Crippen LogP contribution in [0, 0.1) is 5.41 Å². The molecule has 0 radical (unpaired) electrons. The van der Waals surface area contributed by atoms with Gasteiger partial charge in [0.25, 0.3) is 0 Å². The second kappa shape index (κ2) is 6.16. The third kappa shape index (κ3) is 3.44. The van der Waals surface area contributed by atoms with Crippen LogP contribution in [0.3, 0.4) is 0 Å². The maximum atomic E-state index is 11.6. The van der Waals surface area contributed by atoms with Gasteiger partial charge in [0.2, 0.25) is 0 Å². The lowest BCUT2D eigenvalue weighted by Crippen LogP contribution is -2.33. The number of ether oxygens (including phenoxy) is 1. The Balaban J connectivity index is 1.92. The first-order valence-corrected chi connectivity index (χ1v) is 7.20. The summed E-state index contributed by atoms with van der Waals surface area (Å²) in [5.41, 5.74) is 1.78. The SMILES string of the molecule is COC(=O)C(C)(C)CNc1ccc(N2CCCC2)cc1. The largest absolute Gasteiger partial charge is 0.469 e. The molecule has 110 valence electrons. The van der Waals surface area contributed by atoms with Crippen molar-refractivity contribution in [3.63, 3.8) is 0 Å². The summed E-state index contributed by atoms with van der Waals surface area (Å²) in [6.45, 7) is 6.63. The van der Waals surface area contributed by atoms with Crippen LogP contribution in [0.25, 0.3) is 0 Å². The average molecular weight is 276 g/mol. The number of hydrogen-bond acceptors (Lipinski definition) is 4. The van der Waals surface area contributed by atoms with E-state index in [0.717, 1.165) is 18.8 Å². The molecule has 1 aromatic rings. The molecule has 0 amide bonds. The summed E-state index contributed by atoms with van der Waals surface area (Å²) in [4.78, 5) is 14.0. The number of rotatable bonds is 5. The molecular formula is C16H24N2O2. The molecule has 0 saturated carbocycles. The van der Waals surface area contributed by atoms with Crippen LogP contribution in [0.1, 0.15) is 26.7 Å². The van der Waals surface area contributed by atoms with Gasteiger partial charge in [-0.25, -0.2) is 0 Å². The number of methoxy groups -OCH3 is 1. The van der Waals surface area contributed by atoms with E-state index >= 15 is 0 Å². The number of benzene rings is 1. The minimum atomic E-state index is -0.525. The lowest BCUT2D eigenvalue weighted by molar-refractivity contribution is -0.149. The molecule has 2 rings (SSSR count). The number of anilines is 2. The van der Waals surface area contributed by atoms with Gasteiger partial charge < -0.3 is 15.0 Å². The molecule has 1 fully saturated rings. The predicted molar refractivity (Wildman–Crippen MR) is 82.2 cm³/mol. The van der Waals surface area contributed by atoms with E-state index in [1.807, 2.05) is 13.8 Å². The third-order valence-electron chi connectivity index (χ3n) is 3.81. The van der Waals surface area contributed by atoms with Crippen molar-refractivity contribution in [1.29, 1.82) is 0 Å². The molecule has 1 N–H and O–H groups in total. The minimum absolute atomic E-state index is 0.196. The van der Waals surface area contributed by atoms with E-state index in [4.69, 9.17) is 4.74 Å². The second-order valence-electron chi connectivity index (χ2n) is 5.97. The average Bonchev–Trinajstić information content (AvgIpc) is 2.99. The molecule has 1 aromatic carbocycles. The molecule has 0 spiro atoms. The first-order valence-electron chi connectivity index (χ1n) is 7.20. The summed E-state index contributed by atoms with van der Waals surface area (Å²) < 4.78 is 4.80. The van der Waals surface area contributed by atoms with Crippen LogP contribution in [-0.4, -0.2) is 32.7 Å². The first kappa shape index (κ1) is 14.7. The molecule has 0 aliphatic carbocycles. The van der Waals surface area contributed by atoms with E-state index in [1.54, 1.807) is 0 Å². The van der Waals surface area contributed by atoms with E-state index in [1.165, 1.54) is 25.6 Å². The molecule has 0 bridgehead atoms.